The summed E-state index contributed by atoms with van der Waals surface area (Å²) >= 11 is 0. The van der Waals surface area contributed by atoms with Crippen molar-refractivity contribution in [2.24, 2.45) is 0 Å². The van der Waals surface area contributed by atoms with Crippen LogP contribution in [0.5, 0.6) is 11.5 Å². The molecule has 0 aromatic heterocycles. The van der Waals surface area contributed by atoms with E-state index in [1.807, 2.05) is 54.6 Å². The van der Waals surface area contributed by atoms with E-state index in [1.54, 1.807) is 14.2 Å². The van der Waals surface area contributed by atoms with Crippen molar-refractivity contribution >= 4 is 17.8 Å². The summed E-state index contributed by atoms with van der Waals surface area (Å²) in [6.45, 7) is 0. The van der Waals surface area contributed by atoms with Gasteiger partial charge in [-0.3, -0.25) is 0 Å². The predicted molar refractivity (Wildman–Crippen MR) is 79.3 cm³/mol. The van der Waals surface area contributed by atoms with Gasteiger partial charge in [0.15, 0.2) is 0 Å². The highest BCUT2D eigenvalue weighted by atomic mass is 16.5. The molecule has 0 radical (unpaired) electrons. The molecule has 0 unspecified atom stereocenters. The van der Waals surface area contributed by atoms with E-state index in [9.17, 15) is 0 Å². The van der Waals surface area contributed by atoms with Crippen LogP contribution < -0.4 is 15.2 Å². The molecule has 0 amide bonds. The largest absolute Gasteiger partial charge is 0.494 e. The van der Waals surface area contributed by atoms with Crippen LogP contribution in [0.15, 0.2) is 42.5 Å². The van der Waals surface area contributed by atoms with Gasteiger partial charge in [-0.25, -0.2) is 0 Å². The Morgan fingerprint density at radius 1 is 0.842 bits per heavy atom. The lowest BCUT2D eigenvalue weighted by molar-refractivity contribution is 0.398. The maximum absolute atomic E-state index is 5.91. The summed E-state index contributed by atoms with van der Waals surface area (Å²) in [4.78, 5) is 0. The molecule has 3 heteroatoms. The fourth-order valence-electron chi connectivity index (χ4n) is 1.81. The highest BCUT2D eigenvalue weighted by Crippen LogP contribution is 2.33. The molecule has 0 bridgehead atoms. The maximum atomic E-state index is 5.91. The standard InChI is InChI=1S/C16H17NO2/c1-18-14-10-13(11-15(19-2)16(14)17)9-8-12-6-4-3-5-7-12/h3-11H,17H2,1-2H3. The van der Waals surface area contributed by atoms with E-state index in [4.69, 9.17) is 15.2 Å². The number of hydrogen-bond acceptors (Lipinski definition) is 3. The van der Waals surface area contributed by atoms with E-state index in [-0.39, 0.29) is 0 Å². The number of ether oxygens (including phenoxy) is 2. The lowest BCUT2D eigenvalue weighted by atomic mass is 10.1. The first kappa shape index (κ1) is 13.0. The zero-order valence-electron chi connectivity index (χ0n) is 11.1. The molecule has 2 aromatic carbocycles. The molecular formula is C16H17NO2. The third-order valence-corrected chi connectivity index (χ3v) is 2.83. The number of methoxy groups -OCH3 is 2. The Kier molecular flexibility index (Phi) is 4.08. The first-order valence-electron chi connectivity index (χ1n) is 5.99. The Morgan fingerprint density at radius 3 is 1.89 bits per heavy atom. The lowest BCUT2D eigenvalue weighted by Crippen LogP contribution is -1.97. The fraction of sp³-hybridized carbons (Fsp3) is 0.125. The van der Waals surface area contributed by atoms with Gasteiger partial charge in [-0.05, 0) is 23.3 Å². The molecule has 0 saturated carbocycles. The van der Waals surface area contributed by atoms with Crippen LogP contribution in [-0.4, -0.2) is 14.2 Å². The molecule has 2 rings (SSSR count). The highest BCUT2D eigenvalue weighted by Gasteiger charge is 2.07. The second-order valence-corrected chi connectivity index (χ2v) is 4.08. The van der Waals surface area contributed by atoms with Crippen LogP contribution in [0.25, 0.3) is 12.2 Å². The minimum Gasteiger partial charge on any atom is -0.494 e. The van der Waals surface area contributed by atoms with Crippen LogP contribution >= 0.6 is 0 Å². The van der Waals surface area contributed by atoms with Gasteiger partial charge in [0.1, 0.15) is 17.2 Å². The summed E-state index contributed by atoms with van der Waals surface area (Å²) in [5, 5.41) is 0. The molecule has 0 spiro atoms. The van der Waals surface area contributed by atoms with Gasteiger partial charge in [-0.1, -0.05) is 42.5 Å². The Labute approximate surface area is 113 Å². The van der Waals surface area contributed by atoms with Gasteiger partial charge in [0.25, 0.3) is 0 Å². The third kappa shape index (κ3) is 3.07. The van der Waals surface area contributed by atoms with Gasteiger partial charge in [-0.2, -0.15) is 0 Å². The van der Waals surface area contributed by atoms with Crippen molar-refractivity contribution in [3.8, 4) is 11.5 Å². The number of nitrogen functional groups attached to an aromatic ring is 1. The summed E-state index contributed by atoms with van der Waals surface area (Å²) in [7, 11) is 3.19. The number of benzene rings is 2. The van der Waals surface area contributed by atoms with Crippen molar-refractivity contribution in [1.29, 1.82) is 0 Å². The van der Waals surface area contributed by atoms with Gasteiger partial charge >= 0.3 is 0 Å². The number of hydrogen-bond donors (Lipinski definition) is 1. The van der Waals surface area contributed by atoms with E-state index < -0.39 is 0 Å². The fourth-order valence-corrected chi connectivity index (χ4v) is 1.81. The molecular weight excluding hydrogens is 238 g/mol. The number of rotatable bonds is 4. The Hall–Kier alpha value is -2.42. The molecule has 0 aliphatic rings. The first-order chi connectivity index (χ1) is 9.24. The van der Waals surface area contributed by atoms with E-state index in [0.717, 1.165) is 11.1 Å². The molecule has 0 aliphatic carbocycles. The van der Waals surface area contributed by atoms with Crippen LogP contribution in [0.2, 0.25) is 0 Å². The molecule has 2 aromatic rings. The quantitative estimate of drug-likeness (QED) is 0.672. The second kappa shape index (κ2) is 5.96. The van der Waals surface area contributed by atoms with Gasteiger partial charge < -0.3 is 15.2 Å². The Morgan fingerprint density at radius 2 is 1.37 bits per heavy atom. The van der Waals surface area contributed by atoms with Crippen molar-refractivity contribution in [1.82, 2.24) is 0 Å². The van der Waals surface area contributed by atoms with Gasteiger partial charge in [0.05, 0.1) is 14.2 Å². The molecule has 0 fully saturated rings. The molecule has 0 heterocycles. The number of nitrogens with two attached hydrogens (primary N) is 1. The molecule has 98 valence electrons. The summed E-state index contributed by atoms with van der Waals surface area (Å²) < 4.78 is 10.5. The SMILES string of the molecule is COc1cc(C=Cc2ccccc2)cc(OC)c1N. The highest BCUT2D eigenvalue weighted by molar-refractivity contribution is 5.75. The van der Waals surface area contributed by atoms with Gasteiger partial charge in [0.2, 0.25) is 0 Å². The molecule has 0 saturated heterocycles. The smallest absolute Gasteiger partial charge is 0.146 e. The average Bonchev–Trinajstić information content (AvgIpc) is 2.47. The summed E-state index contributed by atoms with van der Waals surface area (Å²) in [6.07, 6.45) is 4.03. The van der Waals surface area contributed by atoms with Crippen LogP contribution in [0.3, 0.4) is 0 Å². The van der Waals surface area contributed by atoms with Crippen molar-refractivity contribution in [2.45, 2.75) is 0 Å². The van der Waals surface area contributed by atoms with Crippen LogP contribution in [0, 0.1) is 0 Å². The maximum Gasteiger partial charge on any atom is 0.146 e. The van der Waals surface area contributed by atoms with Crippen molar-refractivity contribution in [3.63, 3.8) is 0 Å². The Bertz CT molecular complexity index is 552. The Balaban J connectivity index is 2.33. The molecule has 3 nitrogen and oxygen atoms in total. The number of anilines is 1. The topological polar surface area (TPSA) is 44.5 Å². The molecule has 0 aliphatic heterocycles. The van der Waals surface area contributed by atoms with E-state index >= 15 is 0 Å². The van der Waals surface area contributed by atoms with Crippen molar-refractivity contribution in [2.75, 3.05) is 20.0 Å². The van der Waals surface area contributed by atoms with E-state index in [1.165, 1.54) is 0 Å². The van der Waals surface area contributed by atoms with Crippen molar-refractivity contribution < 1.29 is 9.47 Å². The first-order valence-corrected chi connectivity index (χ1v) is 5.99. The van der Waals surface area contributed by atoms with Crippen LogP contribution in [-0.2, 0) is 0 Å². The van der Waals surface area contributed by atoms with E-state index in [2.05, 4.69) is 0 Å². The summed E-state index contributed by atoms with van der Waals surface area (Å²) in [6, 6.07) is 13.9. The average molecular weight is 255 g/mol. The monoisotopic (exact) mass is 255 g/mol. The lowest BCUT2D eigenvalue weighted by Gasteiger charge is -2.10. The second-order valence-electron chi connectivity index (χ2n) is 4.08. The van der Waals surface area contributed by atoms with E-state index in [0.29, 0.717) is 17.2 Å². The molecule has 0 atom stereocenters. The summed E-state index contributed by atoms with van der Waals surface area (Å²) in [5.74, 6) is 1.24. The zero-order valence-corrected chi connectivity index (χ0v) is 11.1. The minimum absolute atomic E-state index is 0.516. The van der Waals surface area contributed by atoms with Gasteiger partial charge in [-0.15, -0.1) is 0 Å². The molecule has 2 N–H and O–H groups in total. The predicted octanol–water partition coefficient (Wildman–Crippen LogP) is 3.46. The van der Waals surface area contributed by atoms with Crippen molar-refractivity contribution in [3.05, 3.63) is 53.6 Å². The molecule has 19 heavy (non-hydrogen) atoms. The minimum atomic E-state index is 0.516. The van der Waals surface area contributed by atoms with Crippen LogP contribution in [0.4, 0.5) is 5.69 Å². The summed E-state index contributed by atoms with van der Waals surface area (Å²) in [5.41, 5.74) is 8.54. The van der Waals surface area contributed by atoms with Gasteiger partial charge in [0, 0.05) is 0 Å². The zero-order chi connectivity index (χ0) is 13.7. The normalized spacial score (nSPS) is 10.6. The third-order valence-electron chi connectivity index (χ3n) is 2.83. The van der Waals surface area contributed by atoms with Crippen LogP contribution in [0.1, 0.15) is 11.1 Å².